The molecule has 3 aromatic carbocycles. The predicted molar refractivity (Wildman–Crippen MR) is 179 cm³/mol. The number of fused-ring (bicyclic) bond motifs is 2. The molecule has 0 amide bonds. The maximum absolute atomic E-state index is 4.74. The number of benzene rings is 3. The average molecular weight is 596 g/mol. The molecule has 1 saturated carbocycles. The summed E-state index contributed by atoms with van der Waals surface area (Å²) in [6.45, 7) is 6.15. The second-order valence-corrected chi connectivity index (χ2v) is 11.2. The Morgan fingerprint density at radius 2 is 1.38 bits per heavy atom. The van der Waals surface area contributed by atoms with Crippen molar-refractivity contribution in [3.05, 3.63) is 108 Å². The van der Waals surface area contributed by atoms with Crippen molar-refractivity contribution in [1.29, 1.82) is 0 Å². The fraction of sp³-hybridized carbons (Fsp3) is 0.176. The highest BCUT2D eigenvalue weighted by molar-refractivity contribution is 5.92. The number of aryl methyl sites for hydroxylation is 2. The van der Waals surface area contributed by atoms with Gasteiger partial charge in [0.1, 0.15) is 18.0 Å². The van der Waals surface area contributed by atoms with Gasteiger partial charge >= 0.3 is 0 Å². The summed E-state index contributed by atoms with van der Waals surface area (Å²) in [5.41, 5.74) is 7.42. The first kappa shape index (κ1) is 28.0. The molecule has 5 N–H and O–H groups in total. The second kappa shape index (κ2) is 12.0. The lowest BCUT2D eigenvalue weighted by Crippen LogP contribution is -2.03. The van der Waals surface area contributed by atoms with Gasteiger partial charge in [0, 0.05) is 45.9 Å². The molecule has 224 valence electrons. The largest absolute Gasteiger partial charge is 0.324 e. The van der Waals surface area contributed by atoms with Crippen LogP contribution in [0.3, 0.4) is 0 Å². The standard InChI is InChI=1S/C22H22N6.C12H11N5/c1-13-6-5-9-17(14(13)2)23-22-24-18-8-4-3-7-16(18)21(26-22)25-20-12-19(27-28-20)15-10-11-15;1-8-6-11(17-16-8)15-12-9-4-2-3-5-10(9)13-7-14-12/h3-9,12,15H,10-11H2,1-2H3,(H3,23,24,25,26,27,28);2-7H,1H3,(H2,13,14,15,16,17). The van der Waals surface area contributed by atoms with Gasteiger partial charge < -0.3 is 16.0 Å². The molecule has 4 heterocycles. The number of anilines is 6. The van der Waals surface area contributed by atoms with E-state index in [0.717, 1.165) is 56.5 Å². The molecule has 0 bridgehead atoms. The van der Waals surface area contributed by atoms with Gasteiger partial charge in [-0.1, -0.05) is 36.4 Å². The lowest BCUT2D eigenvalue weighted by molar-refractivity contribution is 0.966. The zero-order valence-electron chi connectivity index (χ0n) is 25.3. The van der Waals surface area contributed by atoms with Crippen molar-refractivity contribution in [1.82, 2.24) is 40.3 Å². The number of aromatic amines is 2. The maximum Gasteiger partial charge on any atom is 0.229 e. The van der Waals surface area contributed by atoms with Crippen LogP contribution in [0.2, 0.25) is 0 Å². The Morgan fingerprint density at radius 3 is 2.16 bits per heavy atom. The summed E-state index contributed by atoms with van der Waals surface area (Å²) in [5.74, 6) is 4.24. The minimum atomic E-state index is 0.563. The average Bonchev–Trinajstić information content (AvgIpc) is 3.67. The third-order valence-electron chi connectivity index (χ3n) is 7.81. The molecule has 11 heteroatoms. The normalized spacial score (nSPS) is 12.5. The van der Waals surface area contributed by atoms with Crippen molar-refractivity contribution >= 4 is 56.7 Å². The molecule has 0 unspecified atom stereocenters. The first-order valence-electron chi connectivity index (χ1n) is 14.9. The van der Waals surface area contributed by atoms with Crippen LogP contribution in [0.5, 0.6) is 0 Å². The highest BCUT2D eigenvalue weighted by atomic mass is 15.2. The van der Waals surface area contributed by atoms with Crippen LogP contribution in [0.15, 0.2) is 85.2 Å². The molecule has 0 aliphatic heterocycles. The fourth-order valence-electron chi connectivity index (χ4n) is 5.07. The van der Waals surface area contributed by atoms with Gasteiger partial charge in [-0.3, -0.25) is 10.2 Å². The van der Waals surface area contributed by atoms with Gasteiger partial charge in [-0.05, 0) is 75.1 Å². The summed E-state index contributed by atoms with van der Waals surface area (Å²) >= 11 is 0. The first-order valence-corrected chi connectivity index (χ1v) is 14.9. The Balaban J connectivity index is 0.000000163. The van der Waals surface area contributed by atoms with E-state index in [1.165, 1.54) is 29.7 Å². The van der Waals surface area contributed by atoms with Crippen molar-refractivity contribution in [2.75, 3.05) is 16.0 Å². The van der Waals surface area contributed by atoms with Gasteiger partial charge in [0.2, 0.25) is 5.95 Å². The first-order chi connectivity index (χ1) is 22.0. The Labute approximate surface area is 260 Å². The SMILES string of the molecule is Cc1cc(Nc2ncnc3ccccc23)n[nH]1.Cc1cccc(Nc2nc(Nc3cc(C4CC4)[nH]n3)c3ccccc3n2)c1C. The Morgan fingerprint density at radius 1 is 0.667 bits per heavy atom. The monoisotopic (exact) mass is 595 g/mol. The molecular weight excluding hydrogens is 562 g/mol. The molecule has 45 heavy (non-hydrogen) atoms. The van der Waals surface area contributed by atoms with Crippen LogP contribution in [0.25, 0.3) is 21.8 Å². The molecule has 4 aromatic heterocycles. The smallest absolute Gasteiger partial charge is 0.229 e. The van der Waals surface area contributed by atoms with E-state index in [9.17, 15) is 0 Å². The van der Waals surface area contributed by atoms with Crippen molar-refractivity contribution < 1.29 is 0 Å². The Bertz CT molecular complexity index is 2100. The molecule has 0 saturated heterocycles. The number of hydrogen-bond donors (Lipinski definition) is 5. The third kappa shape index (κ3) is 6.28. The summed E-state index contributed by atoms with van der Waals surface area (Å²) < 4.78 is 0. The lowest BCUT2D eigenvalue weighted by Gasteiger charge is -2.13. The molecular formula is C34H33N11. The minimum Gasteiger partial charge on any atom is -0.324 e. The van der Waals surface area contributed by atoms with Crippen LogP contribution >= 0.6 is 0 Å². The maximum atomic E-state index is 4.74. The zero-order valence-corrected chi connectivity index (χ0v) is 25.3. The van der Waals surface area contributed by atoms with Gasteiger partial charge in [-0.25, -0.2) is 15.0 Å². The quantitative estimate of drug-likeness (QED) is 0.125. The third-order valence-corrected chi connectivity index (χ3v) is 7.81. The number of aromatic nitrogens is 8. The van der Waals surface area contributed by atoms with E-state index < -0.39 is 0 Å². The molecule has 11 nitrogen and oxygen atoms in total. The summed E-state index contributed by atoms with van der Waals surface area (Å²) in [6.07, 6.45) is 4.02. The van der Waals surface area contributed by atoms with Crippen molar-refractivity contribution in [2.24, 2.45) is 0 Å². The van der Waals surface area contributed by atoms with Gasteiger partial charge in [0.25, 0.3) is 0 Å². The van der Waals surface area contributed by atoms with Crippen LogP contribution in [-0.2, 0) is 0 Å². The number of rotatable bonds is 7. The predicted octanol–water partition coefficient (Wildman–Crippen LogP) is 7.74. The van der Waals surface area contributed by atoms with Gasteiger partial charge in [-0.2, -0.15) is 15.2 Å². The molecule has 1 fully saturated rings. The Hall–Kier alpha value is -5.84. The van der Waals surface area contributed by atoms with Gasteiger partial charge in [-0.15, -0.1) is 0 Å². The number of hydrogen-bond acceptors (Lipinski definition) is 9. The molecule has 8 rings (SSSR count). The minimum absolute atomic E-state index is 0.563. The van der Waals surface area contributed by atoms with Gasteiger partial charge in [0.15, 0.2) is 11.6 Å². The summed E-state index contributed by atoms with van der Waals surface area (Å²) in [7, 11) is 0. The van der Waals surface area contributed by atoms with Crippen LogP contribution in [0.1, 0.15) is 41.3 Å². The molecule has 0 radical (unpaired) electrons. The van der Waals surface area contributed by atoms with E-state index >= 15 is 0 Å². The van der Waals surface area contributed by atoms with E-state index in [4.69, 9.17) is 9.97 Å². The van der Waals surface area contributed by atoms with Crippen LogP contribution < -0.4 is 16.0 Å². The van der Waals surface area contributed by atoms with E-state index in [0.29, 0.717) is 11.9 Å². The topological polar surface area (TPSA) is 145 Å². The molecule has 1 aliphatic carbocycles. The summed E-state index contributed by atoms with van der Waals surface area (Å²) in [6, 6.07) is 26.0. The highest BCUT2D eigenvalue weighted by Gasteiger charge is 2.25. The number of para-hydroxylation sites is 2. The fourth-order valence-corrected chi connectivity index (χ4v) is 5.07. The van der Waals surface area contributed by atoms with E-state index in [2.05, 4.69) is 72.3 Å². The molecule has 1 aliphatic rings. The van der Waals surface area contributed by atoms with E-state index in [-0.39, 0.29) is 0 Å². The zero-order chi connectivity index (χ0) is 30.8. The number of nitrogens with zero attached hydrogens (tertiary/aromatic N) is 6. The second-order valence-electron chi connectivity index (χ2n) is 11.2. The van der Waals surface area contributed by atoms with Crippen LogP contribution in [0, 0.1) is 20.8 Å². The van der Waals surface area contributed by atoms with E-state index in [1.54, 1.807) is 6.33 Å². The van der Waals surface area contributed by atoms with Crippen LogP contribution in [0.4, 0.5) is 34.9 Å². The highest BCUT2D eigenvalue weighted by Crippen LogP contribution is 2.40. The van der Waals surface area contributed by atoms with Crippen LogP contribution in [-0.4, -0.2) is 40.3 Å². The van der Waals surface area contributed by atoms with Crippen molar-refractivity contribution in [3.8, 4) is 0 Å². The number of H-pyrrole nitrogens is 2. The van der Waals surface area contributed by atoms with Crippen molar-refractivity contribution in [2.45, 2.75) is 39.5 Å². The lowest BCUT2D eigenvalue weighted by atomic mass is 10.1. The van der Waals surface area contributed by atoms with Gasteiger partial charge in [0.05, 0.1) is 11.0 Å². The van der Waals surface area contributed by atoms with Crippen molar-refractivity contribution in [3.63, 3.8) is 0 Å². The number of nitrogens with one attached hydrogen (secondary N) is 5. The summed E-state index contributed by atoms with van der Waals surface area (Å²) in [4.78, 5) is 17.9. The molecule has 0 spiro atoms. The molecule has 7 aromatic rings. The Kier molecular flexibility index (Phi) is 7.48. The molecule has 0 atom stereocenters. The summed E-state index contributed by atoms with van der Waals surface area (Å²) in [5, 5.41) is 26.4. The van der Waals surface area contributed by atoms with E-state index in [1.807, 2.05) is 73.7 Å².